The van der Waals surface area contributed by atoms with Crippen molar-refractivity contribution in [3.8, 4) is 0 Å². The molecule has 0 spiro atoms. The molecule has 2 rings (SSSR count). The smallest absolute Gasteiger partial charge is 0.272 e. The summed E-state index contributed by atoms with van der Waals surface area (Å²) in [6.07, 6.45) is 1.94. The molecule has 1 N–H and O–H groups in total. The van der Waals surface area contributed by atoms with Crippen LogP contribution < -0.4 is 5.32 Å². The van der Waals surface area contributed by atoms with Gasteiger partial charge in [-0.05, 0) is 40.1 Å². The number of carbonyl (C=O) groups is 1. The van der Waals surface area contributed by atoms with Crippen LogP contribution in [0.15, 0.2) is 24.4 Å². The summed E-state index contributed by atoms with van der Waals surface area (Å²) in [6, 6.07) is 5.87. The fourth-order valence-corrected chi connectivity index (χ4v) is 2.01. The Bertz CT molecular complexity index is 586. The van der Waals surface area contributed by atoms with Gasteiger partial charge in [-0.3, -0.25) is 4.79 Å². The van der Waals surface area contributed by atoms with Crippen molar-refractivity contribution in [3.63, 3.8) is 0 Å². The summed E-state index contributed by atoms with van der Waals surface area (Å²) in [7, 11) is 3.96. The van der Waals surface area contributed by atoms with Crippen molar-refractivity contribution < 1.29 is 4.79 Å². The van der Waals surface area contributed by atoms with E-state index in [1.54, 1.807) is 0 Å². The third kappa shape index (κ3) is 2.93. The third-order valence-corrected chi connectivity index (χ3v) is 2.73. The second-order valence-electron chi connectivity index (χ2n) is 5.20. The topological polar surface area (TPSA) is 49.6 Å². The number of aromatic nitrogens is 2. The molecular formula is C14H20N4O. The molecule has 0 atom stereocenters. The highest BCUT2D eigenvalue weighted by molar-refractivity contribution is 5.94. The van der Waals surface area contributed by atoms with Gasteiger partial charge in [-0.2, -0.15) is 0 Å². The predicted molar refractivity (Wildman–Crippen MR) is 75.2 cm³/mol. The van der Waals surface area contributed by atoms with Gasteiger partial charge in [0.25, 0.3) is 5.91 Å². The molecule has 0 unspecified atom stereocenters. The monoisotopic (exact) mass is 260 g/mol. The van der Waals surface area contributed by atoms with Crippen molar-refractivity contribution in [1.29, 1.82) is 0 Å². The van der Waals surface area contributed by atoms with Crippen LogP contribution in [0.5, 0.6) is 0 Å². The van der Waals surface area contributed by atoms with Crippen LogP contribution in [0.2, 0.25) is 0 Å². The molecule has 5 heteroatoms. The fraction of sp³-hybridized carbons (Fsp3) is 0.429. The zero-order chi connectivity index (χ0) is 14.0. The van der Waals surface area contributed by atoms with E-state index in [1.807, 2.05) is 61.6 Å². The maximum Gasteiger partial charge on any atom is 0.272 e. The Balaban J connectivity index is 2.49. The van der Waals surface area contributed by atoms with Crippen molar-refractivity contribution in [3.05, 3.63) is 35.8 Å². The van der Waals surface area contributed by atoms with Crippen molar-refractivity contribution >= 4 is 11.6 Å². The normalized spacial score (nSPS) is 11.5. The van der Waals surface area contributed by atoms with Crippen molar-refractivity contribution in [2.24, 2.45) is 0 Å². The van der Waals surface area contributed by atoms with E-state index in [1.165, 1.54) is 0 Å². The van der Waals surface area contributed by atoms with Crippen molar-refractivity contribution in [2.75, 3.05) is 14.1 Å². The summed E-state index contributed by atoms with van der Waals surface area (Å²) in [5.41, 5.74) is 2.22. The van der Waals surface area contributed by atoms with Crippen molar-refractivity contribution in [2.45, 2.75) is 26.4 Å². The molecule has 0 radical (unpaired) electrons. The van der Waals surface area contributed by atoms with Crippen LogP contribution in [0.4, 0.5) is 0 Å². The van der Waals surface area contributed by atoms with E-state index in [-0.39, 0.29) is 11.9 Å². The average Bonchev–Trinajstić information content (AvgIpc) is 2.67. The first-order valence-corrected chi connectivity index (χ1v) is 6.40. The third-order valence-electron chi connectivity index (χ3n) is 2.73. The first-order valence-electron chi connectivity index (χ1n) is 6.40. The summed E-state index contributed by atoms with van der Waals surface area (Å²) < 4.78 is 1.97. The van der Waals surface area contributed by atoms with Gasteiger partial charge in [0.2, 0.25) is 0 Å². The van der Waals surface area contributed by atoms with Crippen LogP contribution in [-0.2, 0) is 6.54 Å². The Morgan fingerprint density at radius 3 is 2.79 bits per heavy atom. The SMILES string of the molecule is CC(C)NC(=O)c1nc2ccccn2c1CN(C)C. The second kappa shape index (κ2) is 5.40. The standard InChI is InChI=1S/C14H20N4O/c1-10(2)15-14(19)13-11(9-17(3)4)18-8-6-5-7-12(18)16-13/h5-8,10H,9H2,1-4H3,(H,15,19). The van der Waals surface area contributed by atoms with Gasteiger partial charge in [0, 0.05) is 18.8 Å². The van der Waals surface area contributed by atoms with Gasteiger partial charge in [0.1, 0.15) is 5.65 Å². The Kier molecular flexibility index (Phi) is 3.85. The second-order valence-corrected chi connectivity index (χ2v) is 5.20. The largest absolute Gasteiger partial charge is 0.348 e. The quantitative estimate of drug-likeness (QED) is 0.907. The van der Waals surface area contributed by atoms with Crippen LogP contribution in [0, 0.1) is 0 Å². The van der Waals surface area contributed by atoms with E-state index < -0.39 is 0 Å². The molecule has 0 saturated heterocycles. The Hall–Kier alpha value is -1.88. The lowest BCUT2D eigenvalue weighted by Gasteiger charge is -2.12. The molecule has 0 aliphatic heterocycles. The van der Waals surface area contributed by atoms with Crippen LogP contribution in [0.1, 0.15) is 30.0 Å². The predicted octanol–water partition coefficient (Wildman–Crippen LogP) is 1.53. The first-order chi connectivity index (χ1) is 8.99. The molecule has 2 heterocycles. The van der Waals surface area contributed by atoms with E-state index in [2.05, 4.69) is 10.3 Å². The van der Waals surface area contributed by atoms with E-state index in [0.717, 1.165) is 11.3 Å². The Morgan fingerprint density at radius 2 is 2.16 bits per heavy atom. The summed E-state index contributed by atoms with van der Waals surface area (Å²) in [4.78, 5) is 18.7. The number of amides is 1. The van der Waals surface area contributed by atoms with Crippen LogP contribution in [-0.4, -0.2) is 40.3 Å². The highest BCUT2D eigenvalue weighted by Crippen LogP contribution is 2.14. The van der Waals surface area contributed by atoms with Gasteiger partial charge in [0.05, 0.1) is 5.69 Å². The van der Waals surface area contributed by atoms with E-state index in [4.69, 9.17) is 0 Å². The molecule has 102 valence electrons. The Morgan fingerprint density at radius 1 is 1.42 bits per heavy atom. The summed E-state index contributed by atoms with van der Waals surface area (Å²) in [6.45, 7) is 4.56. The van der Waals surface area contributed by atoms with E-state index in [9.17, 15) is 4.79 Å². The van der Waals surface area contributed by atoms with E-state index in [0.29, 0.717) is 12.2 Å². The number of hydrogen-bond donors (Lipinski definition) is 1. The zero-order valence-electron chi connectivity index (χ0n) is 11.8. The van der Waals surface area contributed by atoms with Crippen LogP contribution in [0.3, 0.4) is 0 Å². The van der Waals surface area contributed by atoms with Gasteiger partial charge in [-0.15, -0.1) is 0 Å². The van der Waals surface area contributed by atoms with E-state index >= 15 is 0 Å². The number of fused-ring (bicyclic) bond motifs is 1. The zero-order valence-corrected chi connectivity index (χ0v) is 11.8. The molecule has 0 aliphatic carbocycles. The highest BCUT2D eigenvalue weighted by atomic mass is 16.2. The summed E-state index contributed by atoms with van der Waals surface area (Å²) in [5, 5.41) is 2.90. The number of carbonyl (C=O) groups excluding carboxylic acids is 1. The average molecular weight is 260 g/mol. The van der Waals surface area contributed by atoms with Crippen molar-refractivity contribution in [1.82, 2.24) is 19.6 Å². The lowest BCUT2D eigenvalue weighted by atomic mass is 10.2. The molecule has 0 aliphatic rings. The number of hydrogen-bond acceptors (Lipinski definition) is 3. The minimum absolute atomic E-state index is 0.101. The molecule has 2 aromatic rings. The summed E-state index contributed by atoms with van der Waals surface area (Å²) >= 11 is 0. The molecule has 0 bridgehead atoms. The number of pyridine rings is 1. The number of nitrogens with one attached hydrogen (secondary N) is 1. The molecular weight excluding hydrogens is 240 g/mol. The molecule has 2 aromatic heterocycles. The maximum atomic E-state index is 12.2. The molecule has 0 saturated carbocycles. The lowest BCUT2D eigenvalue weighted by Crippen LogP contribution is -2.31. The number of imidazole rings is 1. The molecule has 5 nitrogen and oxygen atoms in total. The van der Waals surface area contributed by atoms with Gasteiger partial charge in [-0.25, -0.2) is 4.98 Å². The molecule has 1 amide bonds. The van der Waals surface area contributed by atoms with Gasteiger partial charge in [0.15, 0.2) is 5.69 Å². The fourth-order valence-electron chi connectivity index (χ4n) is 2.01. The summed E-state index contributed by atoms with van der Waals surface area (Å²) in [5.74, 6) is -0.115. The minimum atomic E-state index is -0.115. The first kappa shape index (κ1) is 13.5. The minimum Gasteiger partial charge on any atom is -0.348 e. The maximum absolute atomic E-state index is 12.2. The van der Waals surface area contributed by atoms with Gasteiger partial charge >= 0.3 is 0 Å². The molecule has 19 heavy (non-hydrogen) atoms. The molecule has 0 aromatic carbocycles. The lowest BCUT2D eigenvalue weighted by molar-refractivity contribution is 0.0937. The van der Waals surface area contributed by atoms with Crippen LogP contribution in [0.25, 0.3) is 5.65 Å². The van der Waals surface area contributed by atoms with Gasteiger partial charge in [-0.1, -0.05) is 6.07 Å². The number of rotatable bonds is 4. The molecule has 0 fully saturated rings. The highest BCUT2D eigenvalue weighted by Gasteiger charge is 2.19. The number of nitrogens with zero attached hydrogens (tertiary/aromatic N) is 3. The Labute approximate surface area is 113 Å². The van der Waals surface area contributed by atoms with Gasteiger partial charge < -0.3 is 14.6 Å². The van der Waals surface area contributed by atoms with Crippen LogP contribution >= 0.6 is 0 Å².